The number of hydrogen-bond acceptors (Lipinski definition) is 5. The Balaban J connectivity index is 2.86. The zero-order valence-electron chi connectivity index (χ0n) is 16.7. The van der Waals surface area contributed by atoms with Crippen molar-refractivity contribution in [1.29, 1.82) is 0 Å². The number of hydrogen-bond donors (Lipinski definition) is 0. The monoisotopic (exact) mass is 388 g/mol. The maximum Gasteiger partial charge on any atom is 0.188 e. The summed E-state index contributed by atoms with van der Waals surface area (Å²) in [7, 11) is 3.16. The summed E-state index contributed by atoms with van der Waals surface area (Å²) < 4.78 is 28.8. The lowest BCUT2D eigenvalue weighted by Crippen LogP contribution is -2.37. The second-order valence-corrected chi connectivity index (χ2v) is 12.1. The lowest BCUT2D eigenvalue weighted by Gasteiger charge is -2.39. The summed E-state index contributed by atoms with van der Waals surface area (Å²) in [6.07, 6.45) is 3.65. The van der Waals surface area contributed by atoms with E-state index in [1.165, 1.54) is 0 Å². The molecule has 2 radical (unpaired) electrons. The van der Waals surface area contributed by atoms with Gasteiger partial charge < -0.3 is 13.8 Å². The molecule has 1 aliphatic heterocycles. The number of nitrogens with zero attached hydrogens (tertiary/aromatic N) is 2. The Labute approximate surface area is 157 Å². The average molecular weight is 388 g/mol. The van der Waals surface area contributed by atoms with Crippen LogP contribution in [0.1, 0.15) is 40.5 Å². The first-order valence-electron chi connectivity index (χ1n) is 9.27. The molecule has 0 aromatic carbocycles. The van der Waals surface area contributed by atoms with Gasteiger partial charge in [-0.1, -0.05) is 19.9 Å². The third-order valence-corrected chi connectivity index (χ3v) is 7.20. The molecular formula is C17H35BN2O3P2. The smallest absolute Gasteiger partial charge is 0.188 e. The highest BCUT2D eigenvalue weighted by Gasteiger charge is 2.32. The number of rotatable bonds is 9. The van der Waals surface area contributed by atoms with Gasteiger partial charge in [0.15, 0.2) is 8.45 Å². The molecule has 3 atom stereocenters. The molecule has 1 fully saturated rings. The third-order valence-electron chi connectivity index (χ3n) is 3.86. The van der Waals surface area contributed by atoms with Gasteiger partial charge in [0.2, 0.25) is 0 Å². The van der Waals surface area contributed by atoms with Gasteiger partial charge >= 0.3 is 0 Å². The van der Waals surface area contributed by atoms with Crippen molar-refractivity contribution in [2.45, 2.75) is 58.7 Å². The fraction of sp³-hybridized carbons (Fsp3) is 0.882. The van der Waals surface area contributed by atoms with E-state index in [4.69, 9.17) is 17.1 Å². The van der Waals surface area contributed by atoms with Gasteiger partial charge in [0.1, 0.15) is 15.0 Å². The zero-order valence-corrected chi connectivity index (χ0v) is 18.5. The quantitative estimate of drug-likeness (QED) is 0.440. The van der Waals surface area contributed by atoms with Crippen LogP contribution < -0.4 is 0 Å². The van der Waals surface area contributed by atoms with E-state index in [0.29, 0.717) is 12.6 Å². The molecule has 0 saturated carbocycles. The molecule has 5 nitrogen and oxygen atoms in total. The van der Waals surface area contributed by atoms with Gasteiger partial charge in [-0.25, -0.2) is 9.34 Å². The number of ether oxygens (including phenoxy) is 1. The van der Waals surface area contributed by atoms with E-state index in [1.807, 2.05) is 6.08 Å². The van der Waals surface area contributed by atoms with Crippen molar-refractivity contribution in [1.82, 2.24) is 9.34 Å². The van der Waals surface area contributed by atoms with Crippen molar-refractivity contribution in [2.75, 3.05) is 39.6 Å². The highest BCUT2D eigenvalue weighted by Crippen LogP contribution is 2.47. The van der Waals surface area contributed by atoms with Crippen molar-refractivity contribution < 1.29 is 13.8 Å². The standard InChI is InChI=1S/C17H35BN2O3P2/c1-7-12-22-24(20(8-2)15(3)4)19-11-9-16(23-17(18)14-19)10-13-25(5,6)21/h10,13,15-17H,7-9,11-12,14H2,1-6H3/b13-10+. The zero-order chi connectivity index (χ0) is 19.0. The topological polar surface area (TPSA) is 42.0 Å². The highest BCUT2D eigenvalue weighted by molar-refractivity contribution is 7.65. The normalized spacial score (nSPS) is 25.0. The van der Waals surface area contributed by atoms with Crippen LogP contribution in [-0.4, -0.2) is 74.9 Å². The largest absolute Gasteiger partial charge is 0.379 e. The fourth-order valence-corrected chi connectivity index (χ4v) is 5.50. The maximum absolute atomic E-state index is 11.9. The molecule has 0 aromatic heterocycles. The van der Waals surface area contributed by atoms with E-state index in [0.717, 1.165) is 32.5 Å². The van der Waals surface area contributed by atoms with Crippen LogP contribution in [0.4, 0.5) is 0 Å². The van der Waals surface area contributed by atoms with Crippen LogP contribution in [0.3, 0.4) is 0 Å². The summed E-state index contributed by atoms with van der Waals surface area (Å²) in [4.78, 5) is 0. The molecule has 0 N–H and O–H groups in total. The molecule has 1 aliphatic rings. The highest BCUT2D eigenvalue weighted by atomic mass is 31.2. The molecule has 144 valence electrons. The first-order chi connectivity index (χ1) is 11.7. The molecule has 0 spiro atoms. The maximum atomic E-state index is 11.9. The Kier molecular flexibility index (Phi) is 10.5. The summed E-state index contributed by atoms with van der Waals surface area (Å²) in [5, 5.41) is 0. The molecule has 1 heterocycles. The van der Waals surface area contributed by atoms with E-state index in [-0.39, 0.29) is 12.1 Å². The van der Waals surface area contributed by atoms with Gasteiger partial charge in [-0.3, -0.25) is 0 Å². The Morgan fingerprint density at radius 3 is 2.64 bits per heavy atom. The molecule has 1 saturated heterocycles. The predicted molar refractivity (Wildman–Crippen MR) is 110 cm³/mol. The minimum atomic E-state index is -2.19. The van der Waals surface area contributed by atoms with Crippen molar-refractivity contribution in [3.05, 3.63) is 11.9 Å². The fourth-order valence-electron chi connectivity index (χ4n) is 2.69. The minimum absolute atomic E-state index is 0.0922. The first kappa shape index (κ1) is 23.3. The van der Waals surface area contributed by atoms with Gasteiger partial charge in [0, 0.05) is 31.7 Å². The molecule has 8 heteroatoms. The molecular weight excluding hydrogens is 353 g/mol. The summed E-state index contributed by atoms with van der Waals surface area (Å²) in [5.74, 6) is 1.78. The van der Waals surface area contributed by atoms with Crippen LogP contribution >= 0.6 is 15.6 Å². The van der Waals surface area contributed by atoms with Crippen molar-refractivity contribution in [3.8, 4) is 0 Å². The van der Waals surface area contributed by atoms with E-state index in [1.54, 1.807) is 19.1 Å². The Bertz CT molecular complexity index is 459. The van der Waals surface area contributed by atoms with E-state index in [2.05, 4.69) is 37.0 Å². The van der Waals surface area contributed by atoms with Crippen LogP contribution in [0.2, 0.25) is 0 Å². The minimum Gasteiger partial charge on any atom is -0.379 e. The van der Waals surface area contributed by atoms with Gasteiger partial charge in [-0.05, 0) is 45.8 Å². The lowest BCUT2D eigenvalue weighted by atomic mass is 10.0. The lowest BCUT2D eigenvalue weighted by molar-refractivity contribution is 0.0689. The van der Waals surface area contributed by atoms with Gasteiger partial charge in [0.25, 0.3) is 0 Å². The van der Waals surface area contributed by atoms with Crippen LogP contribution in [0.25, 0.3) is 0 Å². The van der Waals surface area contributed by atoms with E-state index < -0.39 is 15.6 Å². The van der Waals surface area contributed by atoms with Crippen LogP contribution in [0.5, 0.6) is 0 Å². The summed E-state index contributed by atoms with van der Waals surface area (Å²) in [6, 6.07) is 0.0430. The van der Waals surface area contributed by atoms with Crippen molar-refractivity contribution >= 4 is 23.4 Å². The molecule has 25 heavy (non-hydrogen) atoms. The second-order valence-electron chi connectivity index (χ2n) is 7.13. The van der Waals surface area contributed by atoms with E-state index in [9.17, 15) is 4.57 Å². The first-order valence-corrected chi connectivity index (χ1v) is 13.1. The molecule has 0 aromatic rings. The summed E-state index contributed by atoms with van der Waals surface area (Å²) >= 11 is 0. The molecule has 0 bridgehead atoms. The van der Waals surface area contributed by atoms with Gasteiger partial charge in [-0.2, -0.15) is 0 Å². The van der Waals surface area contributed by atoms with E-state index >= 15 is 0 Å². The van der Waals surface area contributed by atoms with Crippen LogP contribution in [-0.2, 0) is 13.8 Å². The second kappa shape index (κ2) is 11.2. The molecule has 3 unspecified atom stereocenters. The Morgan fingerprint density at radius 2 is 2.12 bits per heavy atom. The Morgan fingerprint density at radius 1 is 1.44 bits per heavy atom. The van der Waals surface area contributed by atoms with Crippen LogP contribution in [0, 0.1) is 0 Å². The van der Waals surface area contributed by atoms with Crippen molar-refractivity contribution in [3.63, 3.8) is 0 Å². The van der Waals surface area contributed by atoms with Crippen LogP contribution in [0.15, 0.2) is 11.9 Å². The summed E-state index contributed by atoms with van der Waals surface area (Å²) in [5.41, 5.74) is 0. The molecule has 0 aliphatic carbocycles. The van der Waals surface area contributed by atoms with Gasteiger partial charge in [-0.15, -0.1) is 0 Å². The Hall–Kier alpha value is 0.305. The average Bonchev–Trinajstić information content (AvgIpc) is 2.69. The van der Waals surface area contributed by atoms with Crippen molar-refractivity contribution in [2.24, 2.45) is 0 Å². The predicted octanol–water partition coefficient (Wildman–Crippen LogP) is 4.09. The third kappa shape index (κ3) is 8.69. The van der Waals surface area contributed by atoms with Gasteiger partial charge in [0.05, 0.1) is 12.7 Å². The SMILES string of the molecule is [B]C1CN(P(OCCC)N(CC)C(C)C)CCC(/C=C/P(C)(C)=O)O1. The summed E-state index contributed by atoms with van der Waals surface area (Å²) in [6.45, 7) is 15.4. The molecule has 0 amide bonds. The molecule has 1 rings (SSSR count).